The lowest BCUT2D eigenvalue weighted by atomic mass is 9.98. The quantitative estimate of drug-likeness (QED) is 0.789. The van der Waals surface area contributed by atoms with Crippen molar-refractivity contribution in [2.75, 3.05) is 6.54 Å². The lowest BCUT2D eigenvalue weighted by molar-refractivity contribution is -0.188. The number of alkyl halides is 3. The lowest BCUT2D eigenvalue weighted by Crippen LogP contribution is -2.48. The van der Waals surface area contributed by atoms with Crippen molar-refractivity contribution in [2.45, 2.75) is 32.0 Å². The number of nitrogens with zero attached hydrogens (tertiary/aromatic N) is 1. The smallest absolute Gasteiger partial charge is 0.471 e. The van der Waals surface area contributed by atoms with Crippen LogP contribution in [0.15, 0.2) is 0 Å². The minimum atomic E-state index is -5.00. The molecule has 0 aliphatic carbocycles. The minimum Gasteiger partial charge on any atom is -0.480 e. The Morgan fingerprint density at radius 3 is 2.38 bits per heavy atom. The van der Waals surface area contributed by atoms with Gasteiger partial charge in [0.1, 0.15) is 6.04 Å². The zero-order valence-corrected chi connectivity index (χ0v) is 8.62. The Kier molecular flexibility index (Phi) is 3.44. The van der Waals surface area contributed by atoms with E-state index >= 15 is 0 Å². The van der Waals surface area contributed by atoms with E-state index < -0.39 is 30.0 Å². The summed E-state index contributed by atoms with van der Waals surface area (Å²) in [5.74, 6) is -3.83. The molecule has 1 aliphatic heterocycles. The topological polar surface area (TPSA) is 57.6 Å². The van der Waals surface area contributed by atoms with Crippen LogP contribution in [-0.4, -0.2) is 40.6 Å². The van der Waals surface area contributed by atoms with Crippen molar-refractivity contribution in [3.63, 3.8) is 0 Å². The Hall–Kier alpha value is -1.27. The van der Waals surface area contributed by atoms with E-state index in [1.54, 1.807) is 6.92 Å². The van der Waals surface area contributed by atoms with Crippen molar-refractivity contribution in [1.82, 2.24) is 4.90 Å². The summed E-state index contributed by atoms with van der Waals surface area (Å²) in [6.45, 7) is 1.55. The number of amides is 1. The Labute approximate surface area is 90.0 Å². The predicted octanol–water partition coefficient (Wildman–Crippen LogP) is 1.26. The van der Waals surface area contributed by atoms with Crippen LogP contribution in [0.25, 0.3) is 0 Å². The summed E-state index contributed by atoms with van der Waals surface area (Å²) in [7, 11) is 0. The van der Waals surface area contributed by atoms with Gasteiger partial charge in [-0.2, -0.15) is 13.2 Å². The molecule has 1 amide bonds. The molecule has 92 valence electrons. The molecular formula is C9H12F3NO3. The fourth-order valence-corrected chi connectivity index (χ4v) is 2.01. The summed E-state index contributed by atoms with van der Waals surface area (Å²) in [4.78, 5) is 22.2. The number of rotatable bonds is 2. The van der Waals surface area contributed by atoms with Crippen molar-refractivity contribution in [2.24, 2.45) is 5.92 Å². The standard InChI is InChI=1S/C9H12F3NO3/c1-2-5-3-4-13(6(5)7(14)15)8(16)9(10,11)12/h5-6H,2-4H2,1H3,(H,14,15). The highest BCUT2D eigenvalue weighted by atomic mass is 19.4. The highest BCUT2D eigenvalue weighted by Crippen LogP contribution is 2.31. The first kappa shape index (κ1) is 12.8. The molecule has 0 aromatic rings. The molecule has 4 nitrogen and oxygen atoms in total. The predicted molar refractivity (Wildman–Crippen MR) is 47.6 cm³/mol. The van der Waals surface area contributed by atoms with Crippen molar-refractivity contribution in [1.29, 1.82) is 0 Å². The number of aliphatic carboxylic acids is 1. The van der Waals surface area contributed by atoms with Crippen molar-refractivity contribution >= 4 is 11.9 Å². The molecule has 0 aromatic carbocycles. The largest absolute Gasteiger partial charge is 0.480 e. The summed E-state index contributed by atoms with van der Waals surface area (Å²) in [5.41, 5.74) is 0. The highest BCUT2D eigenvalue weighted by molar-refractivity contribution is 5.87. The number of carboxylic acid groups (broad SMARTS) is 1. The van der Waals surface area contributed by atoms with E-state index in [1.807, 2.05) is 0 Å². The number of carboxylic acids is 1. The molecule has 7 heteroatoms. The Balaban J connectivity index is 2.89. The number of likely N-dealkylation sites (tertiary alicyclic amines) is 1. The molecular weight excluding hydrogens is 227 g/mol. The zero-order valence-electron chi connectivity index (χ0n) is 8.62. The third kappa shape index (κ3) is 2.28. The van der Waals surface area contributed by atoms with E-state index in [0.29, 0.717) is 17.7 Å². The van der Waals surface area contributed by atoms with Gasteiger partial charge >= 0.3 is 18.1 Å². The maximum absolute atomic E-state index is 12.2. The van der Waals surface area contributed by atoms with E-state index in [0.717, 1.165) is 0 Å². The first-order chi connectivity index (χ1) is 7.29. The molecule has 16 heavy (non-hydrogen) atoms. The van der Waals surface area contributed by atoms with Crippen LogP contribution >= 0.6 is 0 Å². The molecule has 0 spiro atoms. The molecule has 1 saturated heterocycles. The van der Waals surface area contributed by atoms with Gasteiger partial charge in [0.2, 0.25) is 0 Å². The van der Waals surface area contributed by atoms with Gasteiger partial charge in [-0.1, -0.05) is 13.3 Å². The molecule has 0 bridgehead atoms. The molecule has 0 radical (unpaired) electrons. The maximum atomic E-state index is 12.2. The monoisotopic (exact) mass is 239 g/mol. The number of hydrogen-bond donors (Lipinski definition) is 1. The Morgan fingerprint density at radius 2 is 2.00 bits per heavy atom. The van der Waals surface area contributed by atoms with Crippen LogP contribution in [0.5, 0.6) is 0 Å². The molecule has 2 unspecified atom stereocenters. The van der Waals surface area contributed by atoms with Gasteiger partial charge in [-0.15, -0.1) is 0 Å². The second kappa shape index (κ2) is 4.31. The third-order valence-corrected chi connectivity index (χ3v) is 2.80. The zero-order chi connectivity index (χ0) is 12.5. The van der Waals surface area contributed by atoms with Gasteiger partial charge in [0, 0.05) is 6.54 Å². The van der Waals surface area contributed by atoms with Crippen LogP contribution in [0.4, 0.5) is 13.2 Å². The summed E-state index contributed by atoms with van der Waals surface area (Å²) >= 11 is 0. The molecule has 1 heterocycles. The van der Waals surface area contributed by atoms with Crippen LogP contribution in [0.1, 0.15) is 19.8 Å². The van der Waals surface area contributed by atoms with Crippen molar-refractivity contribution in [3.8, 4) is 0 Å². The van der Waals surface area contributed by atoms with Crippen molar-refractivity contribution < 1.29 is 27.9 Å². The van der Waals surface area contributed by atoms with Crippen LogP contribution < -0.4 is 0 Å². The third-order valence-electron chi connectivity index (χ3n) is 2.80. The van der Waals surface area contributed by atoms with E-state index in [-0.39, 0.29) is 6.54 Å². The number of carbonyl (C=O) groups is 2. The average Bonchev–Trinajstić information content (AvgIpc) is 2.57. The highest BCUT2D eigenvalue weighted by Gasteiger charge is 2.50. The first-order valence-electron chi connectivity index (χ1n) is 4.89. The van der Waals surface area contributed by atoms with Gasteiger partial charge < -0.3 is 10.0 Å². The fraction of sp³-hybridized carbons (Fsp3) is 0.778. The number of hydrogen-bond acceptors (Lipinski definition) is 2. The van der Waals surface area contributed by atoms with Crippen LogP contribution in [0.2, 0.25) is 0 Å². The summed E-state index contributed by atoms with van der Waals surface area (Å²) in [6, 6.07) is -1.35. The number of halogens is 3. The van der Waals surface area contributed by atoms with Gasteiger partial charge in [-0.05, 0) is 12.3 Å². The van der Waals surface area contributed by atoms with Gasteiger partial charge in [0.15, 0.2) is 0 Å². The lowest BCUT2D eigenvalue weighted by Gasteiger charge is -2.24. The first-order valence-corrected chi connectivity index (χ1v) is 4.89. The number of carbonyl (C=O) groups excluding carboxylic acids is 1. The van der Waals surface area contributed by atoms with E-state index in [1.165, 1.54) is 0 Å². The normalized spacial score (nSPS) is 25.9. The molecule has 2 atom stereocenters. The van der Waals surface area contributed by atoms with E-state index in [2.05, 4.69) is 0 Å². The van der Waals surface area contributed by atoms with Crippen molar-refractivity contribution in [3.05, 3.63) is 0 Å². The molecule has 1 N–H and O–H groups in total. The molecule has 1 rings (SSSR count). The van der Waals surface area contributed by atoms with E-state index in [4.69, 9.17) is 5.11 Å². The molecule has 0 aromatic heterocycles. The van der Waals surface area contributed by atoms with Crippen LogP contribution in [0.3, 0.4) is 0 Å². The minimum absolute atomic E-state index is 0.145. The Morgan fingerprint density at radius 1 is 1.44 bits per heavy atom. The van der Waals surface area contributed by atoms with Gasteiger partial charge in [-0.25, -0.2) is 4.79 Å². The summed E-state index contributed by atoms with van der Waals surface area (Å²) < 4.78 is 36.6. The summed E-state index contributed by atoms with van der Waals surface area (Å²) in [6.07, 6.45) is -4.26. The van der Waals surface area contributed by atoms with Gasteiger partial charge in [0.05, 0.1) is 0 Å². The molecule has 1 aliphatic rings. The average molecular weight is 239 g/mol. The second-order valence-electron chi connectivity index (χ2n) is 3.74. The van der Waals surface area contributed by atoms with E-state index in [9.17, 15) is 22.8 Å². The van der Waals surface area contributed by atoms with Crippen LogP contribution in [-0.2, 0) is 9.59 Å². The van der Waals surface area contributed by atoms with Gasteiger partial charge in [-0.3, -0.25) is 4.79 Å². The van der Waals surface area contributed by atoms with Gasteiger partial charge in [0.25, 0.3) is 0 Å². The van der Waals surface area contributed by atoms with Crippen LogP contribution in [0, 0.1) is 5.92 Å². The Bertz CT molecular complexity index is 303. The molecule has 1 fully saturated rings. The maximum Gasteiger partial charge on any atom is 0.471 e. The second-order valence-corrected chi connectivity index (χ2v) is 3.74. The fourth-order valence-electron chi connectivity index (χ4n) is 2.01. The summed E-state index contributed by atoms with van der Waals surface area (Å²) in [5, 5.41) is 8.84. The molecule has 0 saturated carbocycles. The SMILES string of the molecule is CCC1CCN(C(=O)C(F)(F)F)C1C(=O)O.